The van der Waals surface area contributed by atoms with Crippen LogP contribution in [0.4, 0.5) is 11.4 Å². The van der Waals surface area contributed by atoms with E-state index < -0.39 is 6.04 Å². The maximum atomic E-state index is 13.6. The molecule has 0 radical (unpaired) electrons. The second kappa shape index (κ2) is 13.4. The summed E-state index contributed by atoms with van der Waals surface area (Å²) in [4.78, 5) is 35.0. The maximum Gasteiger partial charge on any atom is 0.256 e. The number of hydrogen-bond donors (Lipinski definition) is 1. The second-order valence-electron chi connectivity index (χ2n) is 9.48. The van der Waals surface area contributed by atoms with E-state index in [9.17, 15) is 9.59 Å². The Balaban J connectivity index is 1.43. The number of nitrogens with zero attached hydrogens (tertiary/aromatic N) is 4. The molecule has 0 spiro atoms. The summed E-state index contributed by atoms with van der Waals surface area (Å²) < 4.78 is 5.47. The Labute approximate surface area is 235 Å². The van der Waals surface area contributed by atoms with E-state index in [4.69, 9.17) is 28.6 Å². The van der Waals surface area contributed by atoms with Gasteiger partial charge in [0, 0.05) is 43.4 Å². The van der Waals surface area contributed by atoms with Crippen LogP contribution < -0.4 is 15.0 Å². The Bertz CT molecular complexity index is 1110. The summed E-state index contributed by atoms with van der Waals surface area (Å²) >= 11 is 11.9. The van der Waals surface area contributed by atoms with E-state index in [0.717, 1.165) is 51.4 Å². The second-order valence-corrected chi connectivity index (χ2v) is 10.3. The molecule has 4 rings (SSSR count). The molecule has 10 heteroatoms. The van der Waals surface area contributed by atoms with Crippen LogP contribution >= 0.6 is 23.8 Å². The zero-order valence-electron chi connectivity index (χ0n) is 22.1. The minimum atomic E-state index is -0.669. The Hall–Kier alpha value is -2.72. The topological polar surface area (TPSA) is 68.4 Å². The average molecular weight is 558 g/mol. The third-order valence-corrected chi connectivity index (χ3v) is 7.69. The van der Waals surface area contributed by atoms with Crippen LogP contribution in [0.15, 0.2) is 48.5 Å². The largest absolute Gasteiger partial charge is 0.494 e. The number of benzene rings is 2. The molecule has 2 aromatic rings. The van der Waals surface area contributed by atoms with E-state index in [1.165, 1.54) is 4.90 Å². The van der Waals surface area contributed by atoms with Crippen molar-refractivity contribution in [1.29, 1.82) is 0 Å². The van der Waals surface area contributed by atoms with E-state index in [1.807, 2.05) is 24.0 Å². The standard InChI is InChI=1S/C28H36ClN5O3S/c1-3-31-16-18-32(19-17-31)14-5-15-33-25(20-26(35)30-22-8-12-24(13-9-22)37-4-2)27(36)34(28(33)38)23-10-6-21(29)7-11-23/h6-13,25H,3-5,14-20H2,1-2H3,(H,30,35). The van der Waals surface area contributed by atoms with Crippen molar-refractivity contribution in [2.75, 3.05) is 62.6 Å². The predicted molar refractivity (Wildman–Crippen MR) is 156 cm³/mol. The van der Waals surface area contributed by atoms with Crippen LogP contribution in [-0.2, 0) is 9.59 Å². The van der Waals surface area contributed by atoms with Crippen LogP contribution in [0.25, 0.3) is 0 Å². The van der Waals surface area contributed by atoms with E-state index in [-0.39, 0.29) is 18.2 Å². The Morgan fingerprint density at radius 2 is 1.66 bits per heavy atom. The number of thiocarbonyl (C=S) groups is 1. The van der Waals surface area contributed by atoms with Crippen LogP contribution in [0.2, 0.25) is 5.02 Å². The minimum Gasteiger partial charge on any atom is -0.494 e. The molecule has 204 valence electrons. The van der Waals surface area contributed by atoms with Crippen molar-refractivity contribution < 1.29 is 14.3 Å². The summed E-state index contributed by atoms with van der Waals surface area (Å²) in [6.45, 7) is 11.5. The molecule has 1 unspecified atom stereocenters. The molecule has 1 N–H and O–H groups in total. The number of ether oxygens (including phenoxy) is 1. The van der Waals surface area contributed by atoms with E-state index in [1.54, 1.807) is 36.4 Å². The molecule has 0 aliphatic carbocycles. The smallest absolute Gasteiger partial charge is 0.256 e. The lowest BCUT2D eigenvalue weighted by atomic mass is 10.1. The van der Waals surface area contributed by atoms with Gasteiger partial charge in [-0.25, -0.2) is 0 Å². The highest BCUT2D eigenvalue weighted by Crippen LogP contribution is 2.29. The zero-order chi connectivity index (χ0) is 27.1. The molecule has 38 heavy (non-hydrogen) atoms. The van der Waals surface area contributed by atoms with E-state index in [2.05, 4.69) is 22.0 Å². The molecule has 0 aromatic heterocycles. The van der Waals surface area contributed by atoms with Gasteiger partial charge in [0.15, 0.2) is 5.11 Å². The highest BCUT2D eigenvalue weighted by Gasteiger charge is 2.43. The highest BCUT2D eigenvalue weighted by molar-refractivity contribution is 7.80. The van der Waals surface area contributed by atoms with Gasteiger partial charge in [-0.15, -0.1) is 0 Å². The molecule has 0 bridgehead atoms. The summed E-state index contributed by atoms with van der Waals surface area (Å²) in [6, 6.07) is 13.6. The molecule has 8 nitrogen and oxygen atoms in total. The van der Waals surface area contributed by atoms with Gasteiger partial charge in [0.25, 0.3) is 5.91 Å². The lowest BCUT2D eigenvalue weighted by Crippen LogP contribution is -2.47. The van der Waals surface area contributed by atoms with Crippen molar-refractivity contribution in [1.82, 2.24) is 14.7 Å². The molecular weight excluding hydrogens is 522 g/mol. The average Bonchev–Trinajstić information content (AvgIpc) is 3.15. The number of anilines is 2. The van der Waals surface area contributed by atoms with Gasteiger partial charge >= 0.3 is 0 Å². The quantitative estimate of drug-likeness (QED) is 0.417. The summed E-state index contributed by atoms with van der Waals surface area (Å²) in [7, 11) is 0. The number of carbonyl (C=O) groups is 2. The fourth-order valence-electron chi connectivity index (χ4n) is 4.90. The number of rotatable bonds is 11. The number of amides is 2. The van der Waals surface area contributed by atoms with Crippen molar-refractivity contribution in [3.8, 4) is 5.75 Å². The first-order valence-corrected chi connectivity index (χ1v) is 14.1. The molecule has 2 aliphatic rings. The molecule has 2 heterocycles. The lowest BCUT2D eigenvalue weighted by Gasteiger charge is -2.34. The normalized spacial score (nSPS) is 18.8. The van der Waals surface area contributed by atoms with Crippen LogP contribution in [0.5, 0.6) is 5.75 Å². The number of carbonyl (C=O) groups excluding carboxylic acids is 2. The molecule has 2 aliphatic heterocycles. The van der Waals surface area contributed by atoms with Crippen LogP contribution in [0.3, 0.4) is 0 Å². The van der Waals surface area contributed by atoms with Gasteiger partial charge in [0.1, 0.15) is 11.8 Å². The monoisotopic (exact) mass is 557 g/mol. The van der Waals surface area contributed by atoms with Crippen molar-refractivity contribution >= 4 is 52.1 Å². The first kappa shape index (κ1) is 28.3. The predicted octanol–water partition coefficient (Wildman–Crippen LogP) is 4.10. The number of nitrogens with one attached hydrogen (secondary N) is 1. The third kappa shape index (κ3) is 7.02. The number of halogens is 1. The molecule has 2 amide bonds. The van der Waals surface area contributed by atoms with Gasteiger partial charge in [-0.1, -0.05) is 18.5 Å². The zero-order valence-corrected chi connectivity index (χ0v) is 23.6. The molecule has 2 fully saturated rings. The van der Waals surface area contributed by atoms with Crippen LogP contribution in [-0.4, -0.2) is 90.1 Å². The third-order valence-electron chi connectivity index (χ3n) is 7.02. The lowest BCUT2D eigenvalue weighted by molar-refractivity contribution is -0.124. The molecular formula is C28H36ClN5O3S. The van der Waals surface area contributed by atoms with Crippen molar-refractivity contribution in [2.24, 2.45) is 0 Å². The molecule has 0 saturated carbocycles. The van der Waals surface area contributed by atoms with Gasteiger partial charge in [0.2, 0.25) is 5.91 Å². The summed E-state index contributed by atoms with van der Waals surface area (Å²) in [5, 5.41) is 3.91. The highest BCUT2D eigenvalue weighted by atomic mass is 35.5. The SMILES string of the molecule is CCOc1ccc(NC(=O)CC2C(=O)N(c3ccc(Cl)cc3)C(=S)N2CCCN2CCN(CC)CC2)cc1. The minimum absolute atomic E-state index is 0.00541. The summed E-state index contributed by atoms with van der Waals surface area (Å²) in [5.41, 5.74) is 1.30. The number of piperazine rings is 1. The van der Waals surface area contributed by atoms with Gasteiger partial charge in [-0.3, -0.25) is 14.5 Å². The fraction of sp³-hybridized carbons (Fsp3) is 0.464. The fourth-order valence-corrected chi connectivity index (χ4v) is 5.44. The molecule has 1 atom stereocenters. The van der Waals surface area contributed by atoms with E-state index >= 15 is 0 Å². The van der Waals surface area contributed by atoms with Gasteiger partial charge in [-0.05, 0) is 87.2 Å². The van der Waals surface area contributed by atoms with Crippen LogP contribution in [0.1, 0.15) is 26.7 Å². The van der Waals surface area contributed by atoms with Gasteiger partial charge < -0.3 is 24.8 Å². The van der Waals surface area contributed by atoms with Crippen LogP contribution in [0, 0.1) is 0 Å². The first-order chi connectivity index (χ1) is 18.4. The van der Waals surface area contributed by atoms with Crippen molar-refractivity contribution in [3.63, 3.8) is 0 Å². The Morgan fingerprint density at radius 1 is 1.00 bits per heavy atom. The maximum absolute atomic E-state index is 13.6. The number of likely N-dealkylation sites (N-methyl/N-ethyl adjacent to an activating group) is 1. The number of hydrogen-bond acceptors (Lipinski definition) is 6. The first-order valence-electron chi connectivity index (χ1n) is 13.3. The Morgan fingerprint density at radius 3 is 2.29 bits per heavy atom. The van der Waals surface area contributed by atoms with Crippen molar-refractivity contribution in [3.05, 3.63) is 53.6 Å². The molecule has 2 saturated heterocycles. The summed E-state index contributed by atoms with van der Waals surface area (Å²) in [6.07, 6.45) is 0.858. The molecule has 2 aromatic carbocycles. The van der Waals surface area contributed by atoms with Crippen molar-refractivity contribution in [2.45, 2.75) is 32.7 Å². The Kier molecular flexibility index (Phi) is 9.96. The van der Waals surface area contributed by atoms with Gasteiger partial charge in [0.05, 0.1) is 18.7 Å². The summed E-state index contributed by atoms with van der Waals surface area (Å²) in [5.74, 6) is 0.299. The van der Waals surface area contributed by atoms with E-state index in [0.29, 0.717) is 34.7 Å². The van der Waals surface area contributed by atoms with Gasteiger partial charge in [-0.2, -0.15) is 0 Å².